The number of hydrogen-bond acceptors (Lipinski definition) is 3. The van der Waals surface area contributed by atoms with Gasteiger partial charge in [0.05, 0.1) is 12.8 Å². The van der Waals surface area contributed by atoms with Crippen molar-refractivity contribution in [3.05, 3.63) is 29.3 Å². The fourth-order valence-electron chi connectivity index (χ4n) is 3.20. The van der Waals surface area contributed by atoms with Crippen molar-refractivity contribution < 1.29 is 13.2 Å². The quantitative estimate of drug-likeness (QED) is 0.819. The highest BCUT2D eigenvalue weighted by molar-refractivity contribution is 7.88. The van der Waals surface area contributed by atoms with Crippen molar-refractivity contribution in [3.63, 3.8) is 0 Å². The highest BCUT2D eigenvalue weighted by Gasteiger charge is 2.30. The Hall–Kier alpha value is -1.40. The zero-order valence-electron chi connectivity index (χ0n) is 15.1. The number of likely N-dealkylation sites (N-methyl/N-ethyl adjacent to an activating group) is 1. The summed E-state index contributed by atoms with van der Waals surface area (Å²) in [6, 6.07) is 5.78. The van der Waals surface area contributed by atoms with Gasteiger partial charge in [0.25, 0.3) is 0 Å². The second kappa shape index (κ2) is 7.66. The third-order valence-electron chi connectivity index (χ3n) is 4.95. The molecule has 0 aliphatic heterocycles. The number of aryl methyl sites for hydroxylation is 2. The van der Waals surface area contributed by atoms with Crippen LogP contribution in [-0.2, 0) is 14.8 Å². The van der Waals surface area contributed by atoms with E-state index in [0.717, 1.165) is 43.4 Å². The highest BCUT2D eigenvalue weighted by Crippen LogP contribution is 2.25. The Labute approximate surface area is 145 Å². The third-order valence-corrected chi connectivity index (χ3v) is 6.23. The van der Waals surface area contributed by atoms with Crippen molar-refractivity contribution in [2.45, 2.75) is 52.0 Å². The van der Waals surface area contributed by atoms with Crippen LogP contribution in [-0.4, -0.2) is 44.5 Å². The molecule has 0 spiro atoms. The molecular formula is C18H28N2O3S. The molecule has 0 radical (unpaired) electrons. The molecule has 24 heavy (non-hydrogen) atoms. The minimum Gasteiger partial charge on any atom is -0.314 e. The lowest BCUT2D eigenvalue weighted by Crippen LogP contribution is -2.47. The normalized spacial score (nSPS) is 16.4. The summed E-state index contributed by atoms with van der Waals surface area (Å²) in [4.78, 5) is 14.2. The Balaban J connectivity index is 2.15. The maximum atomic E-state index is 12.7. The van der Waals surface area contributed by atoms with Gasteiger partial charge >= 0.3 is 0 Å². The van der Waals surface area contributed by atoms with E-state index in [0.29, 0.717) is 0 Å². The minimum atomic E-state index is -3.40. The molecule has 1 aromatic rings. The smallest absolute Gasteiger partial charge is 0.242 e. The maximum absolute atomic E-state index is 12.7. The number of rotatable bonds is 5. The average molecular weight is 353 g/mol. The number of sulfonamides is 1. The first-order valence-electron chi connectivity index (χ1n) is 8.51. The van der Waals surface area contributed by atoms with Gasteiger partial charge in [-0.25, -0.2) is 8.42 Å². The van der Waals surface area contributed by atoms with E-state index < -0.39 is 10.0 Å². The Morgan fingerprint density at radius 3 is 2.29 bits per heavy atom. The third kappa shape index (κ3) is 4.57. The van der Waals surface area contributed by atoms with Crippen molar-refractivity contribution in [1.29, 1.82) is 0 Å². The molecule has 0 N–H and O–H groups in total. The average Bonchev–Trinajstić information content (AvgIpc) is 2.54. The molecule has 1 aliphatic rings. The lowest BCUT2D eigenvalue weighted by Gasteiger charge is -2.33. The summed E-state index contributed by atoms with van der Waals surface area (Å²) in [6.07, 6.45) is 6.08. The van der Waals surface area contributed by atoms with E-state index in [1.807, 2.05) is 32.0 Å². The van der Waals surface area contributed by atoms with Crippen LogP contribution in [0.5, 0.6) is 0 Å². The number of carbonyl (C=O) groups is 1. The maximum Gasteiger partial charge on any atom is 0.242 e. The molecule has 1 aromatic carbocycles. The standard InChI is InChI=1S/C18H28N2O3S/c1-14-10-11-17(12-15(14)2)19(3)18(21)13-20(24(4,22)23)16-8-6-5-7-9-16/h10-12,16H,5-9,13H2,1-4H3. The van der Waals surface area contributed by atoms with Crippen LogP contribution in [0.15, 0.2) is 18.2 Å². The van der Waals surface area contributed by atoms with Gasteiger partial charge < -0.3 is 4.90 Å². The van der Waals surface area contributed by atoms with Crippen LogP contribution in [0, 0.1) is 13.8 Å². The lowest BCUT2D eigenvalue weighted by molar-refractivity contribution is -0.118. The van der Waals surface area contributed by atoms with Crippen molar-refractivity contribution >= 4 is 21.6 Å². The highest BCUT2D eigenvalue weighted by atomic mass is 32.2. The van der Waals surface area contributed by atoms with E-state index >= 15 is 0 Å². The van der Waals surface area contributed by atoms with Gasteiger partial charge in [0.1, 0.15) is 0 Å². The molecule has 134 valence electrons. The zero-order valence-corrected chi connectivity index (χ0v) is 15.9. The number of amides is 1. The summed E-state index contributed by atoms with van der Waals surface area (Å²) < 4.78 is 25.8. The van der Waals surface area contributed by atoms with Gasteiger partial charge in [0.2, 0.25) is 15.9 Å². The molecule has 2 rings (SSSR count). The number of nitrogens with zero attached hydrogens (tertiary/aromatic N) is 2. The fraction of sp³-hybridized carbons (Fsp3) is 0.611. The van der Waals surface area contributed by atoms with Crippen LogP contribution in [0.1, 0.15) is 43.2 Å². The van der Waals surface area contributed by atoms with Gasteiger partial charge in [-0.1, -0.05) is 25.3 Å². The van der Waals surface area contributed by atoms with Crippen molar-refractivity contribution in [3.8, 4) is 0 Å². The summed E-state index contributed by atoms with van der Waals surface area (Å²) in [5, 5.41) is 0. The SMILES string of the molecule is Cc1ccc(N(C)C(=O)CN(C2CCCCC2)S(C)(=O)=O)cc1C. The molecule has 1 fully saturated rings. The zero-order chi connectivity index (χ0) is 17.9. The van der Waals surface area contributed by atoms with Crippen LogP contribution in [0.4, 0.5) is 5.69 Å². The topological polar surface area (TPSA) is 57.7 Å². The number of benzene rings is 1. The summed E-state index contributed by atoms with van der Waals surface area (Å²) in [5.41, 5.74) is 3.07. The van der Waals surface area contributed by atoms with Crippen LogP contribution in [0.2, 0.25) is 0 Å². The summed E-state index contributed by atoms with van der Waals surface area (Å²) in [6.45, 7) is 3.93. The summed E-state index contributed by atoms with van der Waals surface area (Å²) >= 11 is 0. The molecule has 1 amide bonds. The van der Waals surface area contributed by atoms with Gasteiger partial charge in [-0.05, 0) is 49.9 Å². The molecule has 0 aromatic heterocycles. The second-order valence-corrected chi connectivity index (χ2v) is 8.76. The van der Waals surface area contributed by atoms with Gasteiger partial charge in [-0.2, -0.15) is 4.31 Å². The molecule has 1 aliphatic carbocycles. The predicted octanol–water partition coefficient (Wildman–Crippen LogP) is 2.86. The molecule has 0 atom stereocenters. The Kier molecular flexibility index (Phi) is 6.04. The van der Waals surface area contributed by atoms with Gasteiger partial charge in [-0.3, -0.25) is 4.79 Å². The predicted molar refractivity (Wildman–Crippen MR) is 97.7 cm³/mol. The molecule has 0 heterocycles. The van der Waals surface area contributed by atoms with E-state index in [1.165, 1.54) is 16.1 Å². The van der Waals surface area contributed by atoms with Gasteiger partial charge in [0.15, 0.2) is 0 Å². The van der Waals surface area contributed by atoms with E-state index in [9.17, 15) is 13.2 Å². The molecule has 6 heteroatoms. The molecule has 5 nitrogen and oxygen atoms in total. The first-order chi connectivity index (χ1) is 11.2. The van der Waals surface area contributed by atoms with Crippen LogP contribution in [0.3, 0.4) is 0 Å². The monoisotopic (exact) mass is 352 g/mol. The minimum absolute atomic E-state index is 0.0501. The van der Waals surface area contributed by atoms with Crippen LogP contribution >= 0.6 is 0 Å². The van der Waals surface area contributed by atoms with Crippen molar-refractivity contribution in [1.82, 2.24) is 4.31 Å². The van der Waals surface area contributed by atoms with Gasteiger partial charge in [0, 0.05) is 18.8 Å². The Bertz CT molecular complexity index is 694. The number of hydrogen-bond donors (Lipinski definition) is 0. The molecule has 0 unspecified atom stereocenters. The van der Waals surface area contributed by atoms with Crippen molar-refractivity contribution in [2.75, 3.05) is 24.7 Å². The Morgan fingerprint density at radius 2 is 1.75 bits per heavy atom. The van der Waals surface area contributed by atoms with E-state index in [-0.39, 0.29) is 18.5 Å². The molecule has 0 bridgehead atoms. The fourth-order valence-corrected chi connectivity index (χ4v) is 4.30. The first kappa shape index (κ1) is 18.9. The number of anilines is 1. The van der Waals surface area contributed by atoms with E-state index in [4.69, 9.17) is 0 Å². The van der Waals surface area contributed by atoms with Crippen molar-refractivity contribution in [2.24, 2.45) is 0 Å². The molecule has 1 saturated carbocycles. The number of carbonyl (C=O) groups excluding carboxylic acids is 1. The second-order valence-electron chi connectivity index (χ2n) is 6.82. The summed E-state index contributed by atoms with van der Waals surface area (Å²) in [5.74, 6) is -0.200. The summed E-state index contributed by atoms with van der Waals surface area (Å²) in [7, 11) is -1.70. The lowest BCUT2D eigenvalue weighted by atomic mass is 9.95. The van der Waals surface area contributed by atoms with Gasteiger partial charge in [-0.15, -0.1) is 0 Å². The largest absolute Gasteiger partial charge is 0.314 e. The van der Waals surface area contributed by atoms with E-state index in [1.54, 1.807) is 11.9 Å². The van der Waals surface area contributed by atoms with Crippen LogP contribution < -0.4 is 4.90 Å². The molecular weight excluding hydrogens is 324 g/mol. The molecule has 0 saturated heterocycles. The first-order valence-corrected chi connectivity index (χ1v) is 10.4. The van der Waals surface area contributed by atoms with Crippen LogP contribution in [0.25, 0.3) is 0 Å². The van der Waals surface area contributed by atoms with E-state index in [2.05, 4.69) is 0 Å². The Morgan fingerprint density at radius 1 is 1.12 bits per heavy atom.